The first-order valence-corrected chi connectivity index (χ1v) is 9.33. The second-order valence-electron chi connectivity index (χ2n) is 4.97. The van der Waals surface area contributed by atoms with Crippen molar-refractivity contribution >= 4 is 43.1 Å². The Hall–Kier alpha value is -1.04. The lowest BCUT2D eigenvalue weighted by molar-refractivity contribution is 0.576. The van der Waals surface area contributed by atoms with Gasteiger partial charge in [-0.3, -0.25) is 0 Å². The van der Waals surface area contributed by atoms with E-state index in [0.717, 1.165) is 15.7 Å². The topological polar surface area (TPSA) is 46.2 Å². The van der Waals surface area contributed by atoms with Gasteiger partial charge in [-0.15, -0.1) is 0 Å². The number of benzene rings is 2. The van der Waals surface area contributed by atoms with Gasteiger partial charge < -0.3 is 5.32 Å². The molecule has 6 heteroatoms. The molecule has 1 aliphatic heterocycles. The highest BCUT2D eigenvalue weighted by molar-refractivity contribution is 9.10. The van der Waals surface area contributed by atoms with Crippen LogP contribution in [0, 0.1) is 0 Å². The van der Waals surface area contributed by atoms with Crippen LogP contribution in [-0.4, -0.2) is 14.2 Å². The molecule has 0 aliphatic carbocycles. The molecule has 1 atom stereocenters. The molecule has 21 heavy (non-hydrogen) atoms. The van der Waals surface area contributed by atoms with Crippen LogP contribution in [0.25, 0.3) is 0 Å². The molecule has 1 heterocycles. The molecule has 110 valence electrons. The third-order valence-electron chi connectivity index (χ3n) is 3.57. The minimum atomic E-state index is -3.16. The number of halogens is 2. The van der Waals surface area contributed by atoms with Crippen molar-refractivity contribution in [3.05, 3.63) is 57.5 Å². The SMILES string of the molecule is O=S1(=O)CCC(Nc2ccc(Br)cc2Cl)c2ccccc21. The smallest absolute Gasteiger partial charge is 0.178 e. The average Bonchev–Trinajstić information content (AvgIpc) is 2.45. The zero-order valence-electron chi connectivity index (χ0n) is 11.0. The van der Waals surface area contributed by atoms with E-state index in [2.05, 4.69) is 21.2 Å². The van der Waals surface area contributed by atoms with Crippen LogP contribution in [0.1, 0.15) is 18.0 Å². The van der Waals surface area contributed by atoms with Crippen LogP contribution in [0.3, 0.4) is 0 Å². The van der Waals surface area contributed by atoms with Gasteiger partial charge in [0.25, 0.3) is 0 Å². The van der Waals surface area contributed by atoms with Crippen molar-refractivity contribution in [2.24, 2.45) is 0 Å². The Morgan fingerprint density at radius 2 is 1.95 bits per heavy atom. The third-order valence-corrected chi connectivity index (χ3v) is 6.19. The number of hydrogen-bond acceptors (Lipinski definition) is 3. The van der Waals surface area contributed by atoms with Gasteiger partial charge in [0.05, 0.1) is 27.4 Å². The molecule has 0 spiro atoms. The highest BCUT2D eigenvalue weighted by Gasteiger charge is 2.30. The molecule has 0 bridgehead atoms. The lowest BCUT2D eigenvalue weighted by Gasteiger charge is -2.27. The van der Waals surface area contributed by atoms with Crippen LogP contribution in [0.2, 0.25) is 5.02 Å². The fourth-order valence-electron chi connectivity index (χ4n) is 2.53. The summed E-state index contributed by atoms with van der Waals surface area (Å²) in [7, 11) is -3.16. The Kier molecular flexibility index (Phi) is 3.99. The van der Waals surface area contributed by atoms with E-state index in [1.165, 1.54) is 0 Å². The summed E-state index contributed by atoms with van der Waals surface area (Å²) in [6.45, 7) is 0. The first-order valence-electron chi connectivity index (χ1n) is 6.51. The van der Waals surface area contributed by atoms with Crippen molar-refractivity contribution in [3.8, 4) is 0 Å². The van der Waals surface area contributed by atoms with E-state index in [-0.39, 0.29) is 11.8 Å². The minimum Gasteiger partial charge on any atom is -0.377 e. The molecule has 0 amide bonds. The van der Waals surface area contributed by atoms with Crippen molar-refractivity contribution in [2.45, 2.75) is 17.4 Å². The van der Waals surface area contributed by atoms with Crippen molar-refractivity contribution in [1.82, 2.24) is 0 Å². The quantitative estimate of drug-likeness (QED) is 0.830. The van der Waals surface area contributed by atoms with Crippen molar-refractivity contribution in [1.29, 1.82) is 0 Å². The lowest BCUT2D eigenvalue weighted by Crippen LogP contribution is -2.24. The Morgan fingerprint density at radius 1 is 1.19 bits per heavy atom. The van der Waals surface area contributed by atoms with E-state index in [1.54, 1.807) is 12.1 Å². The van der Waals surface area contributed by atoms with E-state index >= 15 is 0 Å². The Labute approximate surface area is 137 Å². The van der Waals surface area contributed by atoms with Crippen molar-refractivity contribution < 1.29 is 8.42 Å². The molecular formula is C15H13BrClNO2S. The van der Waals surface area contributed by atoms with Crippen LogP contribution in [0.5, 0.6) is 0 Å². The average molecular weight is 387 g/mol. The Bertz CT molecular complexity index is 792. The normalized spacial score (nSPS) is 19.8. The van der Waals surface area contributed by atoms with Gasteiger partial charge in [0.15, 0.2) is 9.84 Å². The second-order valence-corrected chi connectivity index (χ2v) is 8.37. The highest BCUT2D eigenvalue weighted by Crippen LogP contribution is 2.36. The second kappa shape index (κ2) is 5.63. The van der Waals surface area contributed by atoms with Gasteiger partial charge in [-0.25, -0.2) is 8.42 Å². The van der Waals surface area contributed by atoms with Crippen LogP contribution >= 0.6 is 27.5 Å². The minimum absolute atomic E-state index is 0.0524. The van der Waals surface area contributed by atoms with E-state index in [1.807, 2.05) is 30.3 Å². The number of hydrogen-bond donors (Lipinski definition) is 1. The monoisotopic (exact) mass is 385 g/mol. The van der Waals surface area contributed by atoms with Crippen molar-refractivity contribution in [2.75, 3.05) is 11.1 Å². The standard InChI is InChI=1S/C15H13BrClNO2S/c16-10-5-6-14(12(17)9-10)18-13-7-8-21(19,20)15-4-2-1-3-11(13)15/h1-6,9,13,18H,7-8H2. The van der Waals surface area contributed by atoms with E-state index in [9.17, 15) is 8.42 Å². The first kappa shape index (κ1) is 14.9. The first-order chi connectivity index (χ1) is 9.97. The summed E-state index contributed by atoms with van der Waals surface area (Å²) in [6.07, 6.45) is 0.533. The van der Waals surface area contributed by atoms with Crippen LogP contribution in [0.15, 0.2) is 51.8 Å². The van der Waals surface area contributed by atoms with Gasteiger partial charge in [-0.1, -0.05) is 45.7 Å². The van der Waals surface area contributed by atoms with Crippen LogP contribution in [0.4, 0.5) is 5.69 Å². The largest absolute Gasteiger partial charge is 0.377 e. The summed E-state index contributed by atoms with van der Waals surface area (Å²) in [5.74, 6) is 0.149. The number of fused-ring (bicyclic) bond motifs is 1. The zero-order chi connectivity index (χ0) is 15.0. The highest BCUT2D eigenvalue weighted by atomic mass is 79.9. The molecule has 1 unspecified atom stereocenters. The summed E-state index contributed by atoms with van der Waals surface area (Å²) in [4.78, 5) is 0.419. The van der Waals surface area contributed by atoms with Gasteiger partial charge in [0, 0.05) is 4.47 Å². The van der Waals surface area contributed by atoms with Crippen molar-refractivity contribution in [3.63, 3.8) is 0 Å². The summed E-state index contributed by atoms with van der Waals surface area (Å²) in [5, 5.41) is 3.96. The van der Waals surface area contributed by atoms with Gasteiger partial charge in [-0.05, 0) is 36.2 Å². The number of rotatable bonds is 2. The Balaban J connectivity index is 1.97. The van der Waals surface area contributed by atoms with Gasteiger partial charge in [-0.2, -0.15) is 0 Å². The number of sulfone groups is 1. The lowest BCUT2D eigenvalue weighted by atomic mass is 10.0. The molecule has 3 rings (SSSR count). The van der Waals surface area contributed by atoms with Gasteiger partial charge in [0.1, 0.15) is 0 Å². The molecule has 0 radical (unpaired) electrons. The predicted molar refractivity (Wildman–Crippen MR) is 88.6 cm³/mol. The molecule has 0 saturated carbocycles. The molecule has 0 aromatic heterocycles. The summed E-state index contributed by atoms with van der Waals surface area (Å²) < 4.78 is 25.2. The molecule has 3 nitrogen and oxygen atoms in total. The maximum atomic E-state index is 12.1. The fourth-order valence-corrected chi connectivity index (χ4v) is 4.88. The third kappa shape index (κ3) is 2.96. The molecule has 0 saturated heterocycles. The zero-order valence-corrected chi connectivity index (χ0v) is 14.2. The Morgan fingerprint density at radius 3 is 2.71 bits per heavy atom. The van der Waals surface area contributed by atoms with E-state index in [0.29, 0.717) is 16.3 Å². The molecule has 2 aromatic rings. The summed E-state index contributed by atoms with van der Waals surface area (Å²) >= 11 is 9.59. The maximum absolute atomic E-state index is 12.1. The molecule has 2 aromatic carbocycles. The van der Waals surface area contributed by atoms with Gasteiger partial charge in [0.2, 0.25) is 0 Å². The molecule has 1 N–H and O–H groups in total. The molecule has 1 aliphatic rings. The summed E-state index contributed by atoms with van der Waals surface area (Å²) in [5.41, 5.74) is 1.61. The van der Waals surface area contributed by atoms with Crippen LogP contribution in [-0.2, 0) is 9.84 Å². The van der Waals surface area contributed by atoms with Crippen LogP contribution < -0.4 is 5.32 Å². The predicted octanol–water partition coefficient (Wildman–Crippen LogP) is 4.43. The van der Waals surface area contributed by atoms with E-state index in [4.69, 9.17) is 11.6 Å². The summed E-state index contributed by atoms with van der Waals surface area (Å²) in [6, 6.07) is 12.7. The van der Waals surface area contributed by atoms with E-state index < -0.39 is 9.84 Å². The number of anilines is 1. The molecule has 0 fully saturated rings. The number of nitrogens with one attached hydrogen (secondary N) is 1. The fraction of sp³-hybridized carbons (Fsp3) is 0.200. The van der Waals surface area contributed by atoms with Gasteiger partial charge >= 0.3 is 0 Å². The molecular weight excluding hydrogens is 374 g/mol. The maximum Gasteiger partial charge on any atom is 0.178 e.